The summed E-state index contributed by atoms with van der Waals surface area (Å²) >= 11 is 2.67. The Morgan fingerprint density at radius 2 is 1.91 bits per heavy atom. The molecule has 0 fully saturated rings. The van der Waals surface area contributed by atoms with Gasteiger partial charge in [0.1, 0.15) is 29.3 Å². The van der Waals surface area contributed by atoms with E-state index in [9.17, 15) is 9.59 Å². The Morgan fingerprint density at radius 1 is 1.18 bits per heavy atom. The number of nitrogens with one attached hydrogen (secondary N) is 1. The summed E-state index contributed by atoms with van der Waals surface area (Å²) in [5.41, 5.74) is 3.17. The molecule has 1 N–H and O–H groups in total. The van der Waals surface area contributed by atoms with Crippen molar-refractivity contribution in [1.82, 2.24) is 24.4 Å². The van der Waals surface area contributed by atoms with Crippen LogP contribution in [0, 0.1) is 13.8 Å². The van der Waals surface area contributed by atoms with Crippen molar-refractivity contribution in [3.05, 3.63) is 57.2 Å². The van der Waals surface area contributed by atoms with Crippen molar-refractivity contribution in [2.24, 2.45) is 7.05 Å². The number of rotatable bonds is 8. The second-order valence-electron chi connectivity index (χ2n) is 7.13. The molecule has 12 heteroatoms. The number of ether oxygens (including phenoxy) is 2. The van der Waals surface area contributed by atoms with Gasteiger partial charge in [0.2, 0.25) is 5.91 Å². The molecule has 0 saturated carbocycles. The van der Waals surface area contributed by atoms with Crippen molar-refractivity contribution < 1.29 is 14.3 Å². The lowest BCUT2D eigenvalue weighted by Gasteiger charge is -2.08. The molecule has 0 bridgehead atoms. The van der Waals surface area contributed by atoms with Crippen LogP contribution in [0.15, 0.2) is 40.5 Å². The fourth-order valence-electron chi connectivity index (χ4n) is 3.03. The summed E-state index contributed by atoms with van der Waals surface area (Å²) in [6.07, 6.45) is 1.33. The summed E-state index contributed by atoms with van der Waals surface area (Å²) in [6.45, 7) is 4.05. The largest absolute Gasteiger partial charge is 0.497 e. The molecule has 0 atom stereocenters. The number of amides is 1. The summed E-state index contributed by atoms with van der Waals surface area (Å²) in [5, 5.41) is 9.35. The highest BCUT2D eigenvalue weighted by Gasteiger charge is 2.15. The van der Waals surface area contributed by atoms with E-state index >= 15 is 0 Å². The van der Waals surface area contributed by atoms with E-state index in [2.05, 4.69) is 20.6 Å². The van der Waals surface area contributed by atoms with Crippen molar-refractivity contribution in [1.29, 1.82) is 0 Å². The van der Waals surface area contributed by atoms with Gasteiger partial charge in [0.15, 0.2) is 11.0 Å². The zero-order valence-electron chi connectivity index (χ0n) is 18.5. The molecule has 0 radical (unpaired) electrons. The highest BCUT2D eigenvalue weighted by Crippen LogP contribution is 2.25. The number of hydrogen-bond donors (Lipinski definition) is 1. The number of fused-ring (bicyclic) bond motifs is 1. The van der Waals surface area contributed by atoms with Gasteiger partial charge in [-0.1, -0.05) is 11.8 Å². The van der Waals surface area contributed by atoms with E-state index < -0.39 is 0 Å². The van der Waals surface area contributed by atoms with Crippen LogP contribution in [0.4, 0.5) is 0 Å². The van der Waals surface area contributed by atoms with E-state index in [0.717, 1.165) is 20.9 Å². The van der Waals surface area contributed by atoms with E-state index in [1.807, 2.05) is 38.1 Å². The zero-order valence-corrected chi connectivity index (χ0v) is 20.1. The molecular weight excluding hydrogens is 464 g/mol. The van der Waals surface area contributed by atoms with Gasteiger partial charge in [0, 0.05) is 11.9 Å². The molecule has 0 unspecified atom stereocenters. The predicted octanol–water partition coefficient (Wildman–Crippen LogP) is 2.65. The van der Waals surface area contributed by atoms with E-state index in [1.54, 1.807) is 18.7 Å². The van der Waals surface area contributed by atoms with E-state index in [-0.39, 0.29) is 23.8 Å². The highest BCUT2D eigenvalue weighted by atomic mass is 32.2. The Balaban J connectivity index is 1.35. The Hall–Kier alpha value is -3.38. The Labute approximate surface area is 197 Å². The molecule has 0 aliphatic carbocycles. The van der Waals surface area contributed by atoms with Crippen LogP contribution in [-0.2, 0) is 18.4 Å². The van der Waals surface area contributed by atoms with Crippen LogP contribution in [0.25, 0.3) is 10.2 Å². The molecule has 33 heavy (non-hydrogen) atoms. The fourth-order valence-corrected chi connectivity index (χ4v) is 4.74. The van der Waals surface area contributed by atoms with Crippen molar-refractivity contribution in [3.8, 4) is 11.5 Å². The SMILES string of the molecule is COc1ccc(OCc2nnc(SCC(=O)Nn3cnc4sc(C)c(C)c4c3=O)n2C)cc1. The Bertz CT molecular complexity index is 1360. The van der Waals surface area contributed by atoms with Gasteiger partial charge in [-0.2, -0.15) is 0 Å². The van der Waals surface area contributed by atoms with Gasteiger partial charge in [-0.25, -0.2) is 9.66 Å². The maximum absolute atomic E-state index is 12.7. The van der Waals surface area contributed by atoms with Crippen LogP contribution in [0.5, 0.6) is 11.5 Å². The quantitative estimate of drug-likeness (QED) is 0.378. The van der Waals surface area contributed by atoms with Crippen molar-refractivity contribution >= 4 is 39.2 Å². The first-order valence-corrected chi connectivity index (χ1v) is 11.7. The van der Waals surface area contributed by atoms with Crippen LogP contribution in [0.3, 0.4) is 0 Å². The first-order chi connectivity index (χ1) is 15.9. The van der Waals surface area contributed by atoms with Crippen LogP contribution >= 0.6 is 23.1 Å². The van der Waals surface area contributed by atoms with Gasteiger partial charge in [-0.3, -0.25) is 15.0 Å². The molecule has 0 aliphatic heterocycles. The summed E-state index contributed by atoms with van der Waals surface area (Å²) < 4.78 is 13.8. The average Bonchev–Trinajstić information content (AvgIpc) is 3.31. The van der Waals surface area contributed by atoms with Gasteiger partial charge in [-0.15, -0.1) is 21.5 Å². The summed E-state index contributed by atoms with van der Waals surface area (Å²) in [6, 6.07) is 7.24. The number of benzene rings is 1. The molecule has 1 aromatic carbocycles. The van der Waals surface area contributed by atoms with Crippen LogP contribution in [0.1, 0.15) is 16.3 Å². The molecule has 10 nitrogen and oxygen atoms in total. The van der Waals surface area contributed by atoms with Gasteiger partial charge >= 0.3 is 0 Å². The second kappa shape index (κ2) is 9.63. The number of aryl methyl sites for hydroxylation is 2. The molecule has 0 saturated heterocycles. The topological polar surface area (TPSA) is 113 Å². The molecule has 0 aliphatic rings. The molecular formula is C21H22N6O4S2. The van der Waals surface area contributed by atoms with Crippen LogP contribution < -0.4 is 20.5 Å². The lowest BCUT2D eigenvalue weighted by atomic mass is 10.2. The first kappa shape index (κ1) is 22.8. The normalized spacial score (nSPS) is 11.0. The number of thiophene rings is 1. The lowest BCUT2D eigenvalue weighted by Crippen LogP contribution is -2.34. The lowest BCUT2D eigenvalue weighted by molar-refractivity contribution is -0.114. The molecule has 1 amide bonds. The number of thioether (sulfide) groups is 1. The number of aromatic nitrogens is 5. The highest BCUT2D eigenvalue weighted by molar-refractivity contribution is 7.99. The van der Waals surface area contributed by atoms with Gasteiger partial charge in [0.05, 0.1) is 18.2 Å². The molecule has 172 valence electrons. The zero-order chi connectivity index (χ0) is 23.5. The minimum atomic E-state index is -0.355. The third-order valence-corrected chi connectivity index (χ3v) is 7.16. The van der Waals surface area contributed by atoms with Crippen molar-refractivity contribution in [2.45, 2.75) is 25.6 Å². The van der Waals surface area contributed by atoms with Crippen molar-refractivity contribution in [3.63, 3.8) is 0 Å². The monoisotopic (exact) mass is 486 g/mol. The van der Waals surface area contributed by atoms with E-state index in [1.165, 1.54) is 29.4 Å². The molecule has 3 aromatic heterocycles. The Kier molecular flexibility index (Phi) is 6.65. The summed E-state index contributed by atoms with van der Waals surface area (Å²) in [4.78, 5) is 31.1. The summed E-state index contributed by atoms with van der Waals surface area (Å²) in [5.74, 6) is 1.74. The first-order valence-electron chi connectivity index (χ1n) is 9.92. The minimum absolute atomic E-state index is 0.0530. The molecule has 4 rings (SSSR count). The fraction of sp³-hybridized carbons (Fsp3) is 0.286. The third kappa shape index (κ3) is 4.86. The van der Waals surface area contributed by atoms with Gasteiger partial charge < -0.3 is 14.0 Å². The standard InChI is InChI=1S/C21H22N6O4S2/c1-12-13(2)33-19-18(12)20(29)27(11-22-19)25-17(28)10-32-21-24-23-16(26(21)3)9-31-15-7-5-14(30-4)6-8-15/h5-8,11H,9-10H2,1-4H3,(H,25,28). The maximum atomic E-state index is 12.7. The number of carbonyl (C=O) groups excluding carboxylic acids is 1. The number of nitrogens with zero attached hydrogens (tertiary/aromatic N) is 5. The smallest absolute Gasteiger partial charge is 0.281 e. The van der Waals surface area contributed by atoms with Crippen LogP contribution in [-0.4, -0.2) is 43.2 Å². The van der Waals surface area contributed by atoms with Crippen LogP contribution in [0.2, 0.25) is 0 Å². The maximum Gasteiger partial charge on any atom is 0.281 e. The minimum Gasteiger partial charge on any atom is -0.497 e. The number of methoxy groups -OCH3 is 1. The number of hydrogen-bond acceptors (Lipinski definition) is 9. The third-order valence-electron chi connectivity index (χ3n) is 5.02. The molecule has 4 aromatic rings. The number of carbonyl (C=O) groups is 1. The second-order valence-corrected chi connectivity index (χ2v) is 9.27. The average molecular weight is 487 g/mol. The van der Waals surface area contributed by atoms with Crippen molar-refractivity contribution in [2.75, 3.05) is 18.3 Å². The molecule has 0 spiro atoms. The molecule has 3 heterocycles. The Morgan fingerprint density at radius 3 is 2.64 bits per heavy atom. The van der Waals surface area contributed by atoms with E-state index in [0.29, 0.717) is 26.9 Å². The summed E-state index contributed by atoms with van der Waals surface area (Å²) in [7, 11) is 3.41. The van der Waals surface area contributed by atoms with Gasteiger partial charge in [0.25, 0.3) is 5.56 Å². The van der Waals surface area contributed by atoms with E-state index in [4.69, 9.17) is 9.47 Å². The predicted molar refractivity (Wildman–Crippen MR) is 127 cm³/mol. The van der Waals surface area contributed by atoms with Gasteiger partial charge in [-0.05, 0) is 43.7 Å².